The Balaban J connectivity index is 1.73. The molecule has 3 rings (SSSR count). The summed E-state index contributed by atoms with van der Waals surface area (Å²) in [4.78, 5) is 28.5. The van der Waals surface area contributed by atoms with Crippen molar-refractivity contribution in [3.05, 3.63) is 51.7 Å². The Kier molecular flexibility index (Phi) is 4.81. The average molecular weight is 335 g/mol. The highest BCUT2D eigenvalue weighted by molar-refractivity contribution is 6.30. The van der Waals surface area contributed by atoms with Crippen molar-refractivity contribution < 1.29 is 4.79 Å². The number of rotatable bonds is 4. The van der Waals surface area contributed by atoms with Gasteiger partial charge in [-0.1, -0.05) is 11.6 Å². The number of nitrogens with one attached hydrogen (secondary N) is 1. The molecule has 1 aliphatic heterocycles. The molecule has 6 nitrogen and oxygen atoms in total. The third kappa shape index (κ3) is 3.64. The number of piperidine rings is 1. The highest BCUT2D eigenvalue weighted by Crippen LogP contribution is 2.22. The zero-order valence-corrected chi connectivity index (χ0v) is 13.5. The molecule has 1 N–H and O–H groups in total. The predicted octanol–water partition coefficient (Wildman–Crippen LogP) is 2.31. The minimum atomic E-state index is -0.378. The molecule has 7 heteroatoms. The Labute approximate surface area is 139 Å². The Morgan fingerprint density at radius 1 is 1.43 bits per heavy atom. The van der Waals surface area contributed by atoms with Gasteiger partial charge >= 0.3 is 0 Å². The molecule has 0 saturated carbocycles. The highest BCUT2D eigenvalue weighted by Gasteiger charge is 2.27. The molecule has 2 aromatic heterocycles. The second-order valence-corrected chi connectivity index (χ2v) is 6.18. The van der Waals surface area contributed by atoms with Crippen LogP contribution in [0, 0.1) is 0 Å². The Hall–Kier alpha value is -2.08. The van der Waals surface area contributed by atoms with Crippen LogP contribution in [0.3, 0.4) is 0 Å². The van der Waals surface area contributed by atoms with Gasteiger partial charge in [-0.15, -0.1) is 0 Å². The van der Waals surface area contributed by atoms with Crippen LogP contribution < -0.4 is 5.56 Å². The summed E-state index contributed by atoms with van der Waals surface area (Å²) in [6.45, 7) is 1.52. The van der Waals surface area contributed by atoms with Crippen LogP contribution in [-0.2, 0) is 6.54 Å². The van der Waals surface area contributed by atoms with Gasteiger partial charge in [0.2, 0.25) is 0 Å². The average Bonchev–Trinajstić information content (AvgIpc) is 3.08. The van der Waals surface area contributed by atoms with Gasteiger partial charge in [0.25, 0.3) is 11.5 Å². The minimum absolute atomic E-state index is 0.0425. The quantitative estimate of drug-likeness (QED) is 0.932. The predicted molar refractivity (Wildman–Crippen MR) is 87.6 cm³/mol. The lowest BCUT2D eigenvalue weighted by Gasteiger charge is -2.36. The molecule has 0 radical (unpaired) electrons. The molecule has 0 bridgehead atoms. The maximum Gasteiger partial charge on any atom is 0.266 e. The number of amides is 1. The van der Waals surface area contributed by atoms with Crippen LogP contribution in [0.15, 0.2) is 35.5 Å². The van der Waals surface area contributed by atoms with E-state index in [4.69, 9.17) is 11.6 Å². The summed E-state index contributed by atoms with van der Waals surface area (Å²) < 4.78 is 1.88. The van der Waals surface area contributed by atoms with Crippen LogP contribution in [0.2, 0.25) is 5.02 Å². The second kappa shape index (κ2) is 7.00. The molecule has 23 heavy (non-hydrogen) atoms. The number of carbonyl (C=O) groups is 1. The number of hydrogen-bond acceptors (Lipinski definition) is 3. The molecule has 0 aromatic carbocycles. The van der Waals surface area contributed by atoms with Gasteiger partial charge < -0.3 is 9.88 Å². The molecule has 2 aromatic rings. The van der Waals surface area contributed by atoms with E-state index in [0.29, 0.717) is 5.56 Å². The van der Waals surface area contributed by atoms with E-state index in [2.05, 4.69) is 10.1 Å². The number of pyridine rings is 1. The number of H-pyrrole nitrogens is 1. The maximum absolute atomic E-state index is 12.8. The molecule has 0 unspecified atom stereocenters. The molecule has 1 fully saturated rings. The first-order valence-electron chi connectivity index (χ1n) is 7.82. The van der Waals surface area contributed by atoms with Crippen molar-refractivity contribution in [3.8, 4) is 0 Å². The standard InChI is InChI=1S/C16H19ClN4O2/c17-14-10-12(11-18-15(14)22)16(23)21-8-2-1-4-13(21)5-9-20-7-3-6-19-20/h3,6-7,10-11,13H,1-2,4-5,8-9H2,(H,18,22)/t13-/m0/s1. The van der Waals surface area contributed by atoms with Crippen molar-refractivity contribution >= 4 is 17.5 Å². The summed E-state index contributed by atoms with van der Waals surface area (Å²) in [5.41, 5.74) is 0.0534. The first-order chi connectivity index (χ1) is 11.1. The van der Waals surface area contributed by atoms with E-state index in [1.54, 1.807) is 6.20 Å². The molecule has 1 saturated heterocycles. The monoisotopic (exact) mass is 334 g/mol. The molecular weight excluding hydrogens is 316 g/mol. The second-order valence-electron chi connectivity index (χ2n) is 5.77. The van der Waals surface area contributed by atoms with Gasteiger partial charge in [-0.05, 0) is 37.8 Å². The van der Waals surface area contributed by atoms with E-state index < -0.39 is 0 Å². The van der Waals surface area contributed by atoms with Crippen molar-refractivity contribution in [3.63, 3.8) is 0 Å². The van der Waals surface area contributed by atoms with Crippen molar-refractivity contribution in [1.29, 1.82) is 0 Å². The van der Waals surface area contributed by atoms with E-state index >= 15 is 0 Å². The lowest BCUT2D eigenvalue weighted by atomic mass is 9.98. The number of halogens is 1. The van der Waals surface area contributed by atoms with Crippen molar-refractivity contribution in [1.82, 2.24) is 19.7 Å². The van der Waals surface area contributed by atoms with Gasteiger partial charge in [0.1, 0.15) is 5.02 Å². The molecule has 1 amide bonds. The van der Waals surface area contributed by atoms with Gasteiger partial charge in [-0.3, -0.25) is 14.3 Å². The Bertz CT molecular complexity index is 726. The van der Waals surface area contributed by atoms with Crippen LogP contribution in [0.25, 0.3) is 0 Å². The van der Waals surface area contributed by atoms with E-state index in [9.17, 15) is 9.59 Å². The van der Waals surface area contributed by atoms with Crippen LogP contribution in [0.1, 0.15) is 36.0 Å². The molecular formula is C16H19ClN4O2. The Morgan fingerprint density at radius 3 is 3.04 bits per heavy atom. The Morgan fingerprint density at radius 2 is 2.30 bits per heavy atom. The summed E-state index contributed by atoms with van der Waals surface area (Å²) in [6, 6.07) is 3.53. The first-order valence-corrected chi connectivity index (χ1v) is 8.19. The smallest absolute Gasteiger partial charge is 0.266 e. The number of aryl methyl sites for hydroxylation is 1. The summed E-state index contributed by atoms with van der Waals surface area (Å²) in [6.07, 6.45) is 9.11. The normalized spacial score (nSPS) is 18.1. The lowest BCUT2D eigenvalue weighted by molar-refractivity contribution is 0.0593. The number of aromatic nitrogens is 3. The van der Waals surface area contributed by atoms with Crippen molar-refractivity contribution in [2.24, 2.45) is 0 Å². The fourth-order valence-electron chi connectivity index (χ4n) is 3.03. The largest absolute Gasteiger partial charge is 0.336 e. The number of aromatic amines is 1. The minimum Gasteiger partial charge on any atom is -0.336 e. The maximum atomic E-state index is 12.8. The summed E-state index contributed by atoms with van der Waals surface area (Å²) in [5.74, 6) is -0.0756. The molecule has 1 atom stereocenters. The topological polar surface area (TPSA) is 71.0 Å². The summed E-state index contributed by atoms with van der Waals surface area (Å²) in [5, 5.41) is 4.25. The van der Waals surface area contributed by atoms with E-state index in [1.807, 2.05) is 21.8 Å². The molecule has 3 heterocycles. The lowest BCUT2D eigenvalue weighted by Crippen LogP contribution is -2.44. The van der Waals surface area contributed by atoms with Gasteiger partial charge in [0.05, 0.1) is 5.56 Å². The first kappa shape index (κ1) is 15.8. The number of carbonyl (C=O) groups excluding carboxylic acids is 1. The fourth-order valence-corrected chi connectivity index (χ4v) is 3.20. The van der Waals surface area contributed by atoms with Crippen molar-refractivity contribution in [2.75, 3.05) is 6.54 Å². The summed E-state index contributed by atoms with van der Waals surface area (Å²) in [7, 11) is 0. The number of hydrogen-bond donors (Lipinski definition) is 1. The highest BCUT2D eigenvalue weighted by atomic mass is 35.5. The van der Waals surface area contributed by atoms with Crippen LogP contribution in [0.5, 0.6) is 0 Å². The number of likely N-dealkylation sites (tertiary alicyclic amines) is 1. The van der Waals surface area contributed by atoms with E-state index in [1.165, 1.54) is 12.3 Å². The third-order valence-corrected chi connectivity index (χ3v) is 4.52. The zero-order chi connectivity index (χ0) is 16.2. The third-order valence-electron chi connectivity index (χ3n) is 4.24. The van der Waals surface area contributed by atoms with Gasteiger partial charge in [-0.2, -0.15) is 5.10 Å². The zero-order valence-electron chi connectivity index (χ0n) is 12.7. The van der Waals surface area contributed by atoms with Gasteiger partial charge in [-0.25, -0.2) is 0 Å². The molecule has 122 valence electrons. The SMILES string of the molecule is O=C(c1c[nH]c(=O)c(Cl)c1)N1CCCC[C@H]1CCn1cccn1. The molecule has 0 spiro atoms. The molecule has 1 aliphatic rings. The van der Waals surface area contributed by atoms with E-state index in [-0.39, 0.29) is 22.5 Å². The van der Waals surface area contributed by atoms with Crippen molar-refractivity contribution in [2.45, 2.75) is 38.3 Å². The number of nitrogens with zero attached hydrogens (tertiary/aromatic N) is 3. The van der Waals surface area contributed by atoms with Crippen LogP contribution in [0.4, 0.5) is 0 Å². The fraction of sp³-hybridized carbons (Fsp3) is 0.438. The van der Waals surface area contributed by atoms with Crippen LogP contribution in [-0.4, -0.2) is 38.2 Å². The van der Waals surface area contributed by atoms with E-state index in [0.717, 1.165) is 38.8 Å². The van der Waals surface area contributed by atoms with Gasteiger partial charge in [0, 0.05) is 37.7 Å². The van der Waals surface area contributed by atoms with Crippen LogP contribution >= 0.6 is 11.6 Å². The molecule has 0 aliphatic carbocycles. The van der Waals surface area contributed by atoms with Gasteiger partial charge in [0.15, 0.2) is 0 Å². The summed E-state index contributed by atoms with van der Waals surface area (Å²) >= 11 is 5.84.